The van der Waals surface area contributed by atoms with Crippen LogP contribution in [0.3, 0.4) is 0 Å². The molecular weight excluding hydrogens is 504 g/mol. The maximum atomic E-state index is 13.9. The molecule has 4 rings (SSSR count). The smallest absolute Gasteiger partial charge is 0.247 e. The lowest BCUT2D eigenvalue weighted by molar-refractivity contribution is -0.121. The van der Waals surface area contributed by atoms with E-state index in [9.17, 15) is 13.2 Å². The summed E-state index contributed by atoms with van der Waals surface area (Å²) < 4.78 is 29.3. The number of carbonyl (C=O) groups is 1. The molecule has 7 nitrogen and oxygen atoms in total. The lowest BCUT2D eigenvalue weighted by Crippen LogP contribution is -2.48. The zero-order valence-electron chi connectivity index (χ0n) is 20.5. The highest BCUT2D eigenvalue weighted by atomic mass is 35.5. The van der Waals surface area contributed by atoms with Gasteiger partial charge >= 0.3 is 0 Å². The first-order chi connectivity index (χ1) is 16.6. The number of rotatable bonds is 8. The van der Waals surface area contributed by atoms with Crippen LogP contribution in [0.15, 0.2) is 41.3 Å². The maximum Gasteiger partial charge on any atom is 0.247 e. The zero-order valence-corrected chi connectivity index (χ0v) is 22.9. The number of sulfonamides is 1. The minimum Gasteiger partial charge on any atom is -0.309 e. The number of benzene rings is 2. The van der Waals surface area contributed by atoms with Crippen LogP contribution in [-0.4, -0.2) is 68.3 Å². The van der Waals surface area contributed by atoms with Gasteiger partial charge in [-0.2, -0.15) is 4.31 Å². The molecule has 0 spiro atoms. The van der Waals surface area contributed by atoms with E-state index in [0.29, 0.717) is 36.1 Å². The molecule has 3 aromatic rings. The molecular formula is C25H31ClN4O3S2. The summed E-state index contributed by atoms with van der Waals surface area (Å²) in [7, 11) is 0.153. The molecule has 0 aliphatic carbocycles. The normalized spacial score (nSPS) is 16.9. The Morgan fingerprint density at radius 2 is 1.89 bits per heavy atom. The fourth-order valence-electron chi connectivity index (χ4n) is 4.52. The highest BCUT2D eigenvalue weighted by Gasteiger charge is 2.42. The van der Waals surface area contributed by atoms with E-state index < -0.39 is 16.1 Å². The molecule has 188 valence electrons. The Morgan fingerprint density at radius 1 is 1.17 bits per heavy atom. The predicted octanol–water partition coefficient (Wildman–Crippen LogP) is 4.70. The van der Waals surface area contributed by atoms with Crippen LogP contribution in [0.25, 0.3) is 10.2 Å². The fourth-order valence-corrected chi connectivity index (χ4v) is 7.35. The molecule has 35 heavy (non-hydrogen) atoms. The summed E-state index contributed by atoms with van der Waals surface area (Å²) in [6, 6.07) is 9.47. The molecule has 1 aliphatic rings. The second-order valence-electron chi connectivity index (χ2n) is 9.30. The predicted molar refractivity (Wildman–Crippen MR) is 143 cm³/mol. The molecule has 0 saturated carbocycles. The number of fused-ring (bicyclic) bond motifs is 1. The van der Waals surface area contributed by atoms with E-state index in [1.807, 2.05) is 34.0 Å². The zero-order chi connectivity index (χ0) is 25.3. The number of nitrogens with zero attached hydrogens (tertiary/aromatic N) is 4. The van der Waals surface area contributed by atoms with E-state index in [1.165, 1.54) is 27.8 Å². The van der Waals surface area contributed by atoms with E-state index in [1.54, 1.807) is 17.0 Å². The van der Waals surface area contributed by atoms with Gasteiger partial charge in [-0.1, -0.05) is 29.0 Å². The third kappa shape index (κ3) is 5.54. The van der Waals surface area contributed by atoms with E-state index in [-0.39, 0.29) is 10.8 Å². The number of halogens is 1. The molecule has 1 aliphatic heterocycles. The van der Waals surface area contributed by atoms with Crippen LogP contribution in [0.4, 0.5) is 5.13 Å². The standard InChI is InChI=1S/C25H31ClN4O3S2/c1-17-15-18(2)23-21(16-17)27-25(34-23)29(13-6-12-28(3)4)24(31)22-7-5-14-30(22)35(32,33)20-10-8-19(26)9-11-20/h8-11,15-16,22H,5-7,12-14H2,1-4H3. The van der Waals surface area contributed by atoms with Crippen LogP contribution < -0.4 is 4.90 Å². The first kappa shape index (κ1) is 26.0. The number of hydrogen-bond donors (Lipinski definition) is 0. The first-order valence-electron chi connectivity index (χ1n) is 11.7. The number of carbonyl (C=O) groups excluding carboxylic acids is 1. The lowest BCUT2D eigenvalue weighted by Gasteiger charge is -2.29. The molecule has 0 bridgehead atoms. The van der Waals surface area contributed by atoms with Crippen molar-refractivity contribution >= 4 is 54.2 Å². The Bertz CT molecular complexity index is 1320. The van der Waals surface area contributed by atoms with E-state index >= 15 is 0 Å². The Labute approximate surface area is 216 Å². The third-order valence-electron chi connectivity index (χ3n) is 6.20. The molecule has 0 N–H and O–H groups in total. The van der Waals surface area contributed by atoms with Crippen molar-refractivity contribution in [1.82, 2.24) is 14.2 Å². The molecule has 2 aromatic carbocycles. The Balaban J connectivity index is 1.68. The van der Waals surface area contributed by atoms with Gasteiger partial charge < -0.3 is 4.90 Å². The molecule has 2 heterocycles. The molecule has 1 unspecified atom stereocenters. The summed E-state index contributed by atoms with van der Waals surface area (Å²) in [4.78, 5) is 22.7. The van der Waals surface area contributed by atoms with Crippen molar-refractivity contribution in [2.24, 2.45) is 0 Å². The van der Waals surface area contributed by atoms with Crippen LogP contribution in [0.2, 0.25) is 5.02 Å². The summed E-state index contributed by atoms with van der Waals surface area (Å²) in [5.41, 5.74) is 3.11. The number of aromatic nitrogens is 1. The number of thiazole rings is 1. The van der Waals surface area contributed by atoms with Crippen molar-refractivity contribution in [1.29, 1.82) is 0 Å². The topological polar surface area (TPSA) is 73.8 Å². The molecule has 1 saturated heterocycles. The van der Waals surface area contributed by atoms with Crippen LogP contribution in [0, 0.1) is 13.8 Å². The number of amides is 1. The Kier molecular flexibility index (Phi) is 7.83. The van der Waals surface area contributed by atoms with Gasteiger partial charge in [-0.25, -0.2) is 13.4 Å². The minimum absolute atomic E-state index is 0.145. The first-order valence-corrected chi connectivity index (χ1v) is 14.3. The van der Waals surface area contributed by atoms with E-state index in [4.69, 9.17) is 16.6 Å². The highest BCUT2D eigenvalue weighted by molar-refractivity contribution is 7.89. The molecule has 10 heteroatoms. The molecule has 1 amide bonds. The summed E-state index contributed by atoms with van der Waals surface area (Å²) in [5.74, 6) is -0.216. The quantitative estimate of drug-likeness (QED) is 0.418. The SMILES string of the molecule is Cc1cc(C)c2sc(N(CCCN(C)C)C(=O)C3CCCN3S(=O)(=O)c3ccc(Cl)cc3)nc2c1. The van der Waals surface area contributed by atoms with Crippen molar-refractivity contribution in [3.05, 3.63) is 52.5 Å². The highest BCUT2D eigenvalue weighted by Crippen LogP contribution is 2.35. The van der Waals surface area contributed by atoms with E-state index in [0.717, 1.165) is 34.3 Å². The van der Waals surface area contributed by atoms with Crippen molar-refractivity contribution in [3.8, 4) is 0 Å². The van der Waals surface area contributed by atoms with Gasteiger partial charge in [-0.05, 0) is 95.2 Å². The number of hydrogen-bond acceptors (Lipinski definition) is 6. The van der Waals surface area contributed by atoms with Gasteiger partial charge in [0.1, 0.15) is 6.04 Å². The summed E-state index contributed by atoms with van der Waals surface area (Å²) in [5, 5.41) is 1.08. The van der Waals surface area contributed by atoms with Crippen molar-refractivity contribution in [2.75, 3.05) is 38.6 Å². The van der Waals surface area contributed by atoms with Crippen LogP contribution in [0.5, 0.6) is 0 Å². The van der Waals surface area contributed by atoms with Crippen molar-refractivity contribution in [2.45, 2.75) is 44.0 Å². The fraction of sp³-hybridized carbons (Fsp3) is 0.440. The van der Waals surface area contributed by atoms with Crippen LogP contribution in [0.1, 0.15) is 30.4 Å². The maximum absolute atomic E-state index is 13.9. The average molecular weight is 535 g/mol. The van der Waals surface area contributed by atoms with Crippen LogP contribution in [-0.2, 0) is 14.8 Å². The summed E-state index contributed by atoms with van der Waals surface area (Å²) in [6.45, 7) is 5.67. The molecule has 1 aromatic heterocycles. The Hall–Kier alpha value is -2.04. The summed E-state index contributed by atoms with van der Waals surface area (Å²) >= 11 is 7.45. The van der Waals surface area contributed by atoms with Gasteiger partial charge in [-0.3, -0.25) is 9.69 Å². The number of aryl methyl sites for hydroxylation is 2. The third-order valence-corrected chi connectivity index (χ3v) is 9.61. The molecule has 1 atom stereocenters. The van der Waals surface area contributed by atoms with Gasteiger partial charge in [0.05, 0.1) is 15.1 Å². The van der Waals surface area contributed by atoms with Gasteiger partial charge in [0.2, 0.25) is 15.9 Å². The van der Waals surface area contributed by atoms with Gasteiger partial charge in [0, 0.05) is 18.1 Å². The van der Waals surface area contributed by atoms with Crippen LogP contribution >= 0.6 is 22.9 Å². The summed E-state index contributed by atoms with van der Waals surface area (Å²) in [6.07, 6.45) is 1.87. The van der Waals surface area contributed by atoms with Crippen molar-refractivity contribution < 1.29 is 13.2 Å². The van der Waals surface area contributed by atoms with Gasteiger partial charge in [-0.15, -0.1) is 0 Å². The molecule has 0 radical (unpaired) electrons. The Morgan fingerprint density at radius 3 is 2.57 bits per heavy atom. The van der Waals surface area contributed by atoms with E-state index in [2.05, 4.69) is 11.0 Å². The minimum atomic E-state index is -3.83. The monoisotopic (exact) mass is 534 g/mol. The van der Waals surface area contributed by atoms with Gasteiger partial charge in [0.15, 0.2) is 5.13 Å². The second-order valence-corrected chi connectivity index (χ2v) is 12.6. The largest absolute Gasteiger partial charge is 0.309 e. The average Bonchev–Trinajstić information content (AvgIpc) is 3.44. The molecule has 1 fully saturated rings. The van der Waals surface area contributed by atoms with Crippen molar-refractivity contribution in [3.63, 3.8) is 0 Å². The van der Waals surface area contributed by atoms with Gasteiger partial charge in [0.25, 0.3) is 0 Å². The second kappa shape index (κ2) is 10.5. The lowest BCUT2D eigenvalue weighted by atomic mass is 10.1. The number of anilines is 1.